The van der Waals surface area contributed by atoms with Crippen LogP contribution in [-0.4, -0.2) is 74.2 Å². The number of amides is 1. The molecular formula is C21H34N4O2. The molecule has 0 radical (unpaired) electrons. The highest BCUT2D eigenvalue weighted by atomic mass is 16.5. The smallest absolute Gasteiger partial charge is 0.241 e. The molecule has 1 atom stereocenters. The maximum Gasteiger partial charge on any atom is 0.241 e. The molecule has 2 heterocycles. The Morgan fingerprint density at radius 1 is 1.26 bits per heavy atom. The topological polar surface area (TPSA) is 56.8 Å². The fraction of sp³-hybridized carbons (Fsp3) is 0.667. The van der Waals surface area contributed by atoms with E-state index in [9.17, 15) is 4.79 Å². The van der Waals surface area contributed by atoms with Crippen LogP contribution in [0.4, 0.5) is 5.69 Å². The minimum Gasteiger partial charge on any atom is -0.497 e. The van der Waals surface area contributed by atoms with Gasteiger partial charge in [0.2, 0.25) is 5.91 Å². The molecule has 2 aliphatic heterocycles. The molecule has 1 aromatic rings. The molecule has 150 valence electrons. The molecule has 0 saturated carbocycles. The number of likely N-dealkylation sites (N-methyl/N-ethyl adjacent to an activating group) is 1. The van der Waals surface area contributed by atoms with Crippen LogP contribution in [-0.2, 0) is 4.79 Å². The van der Waals surface area contributed by atoms with E-state index >= 15 is 0 Å². The van der Waals surface area contributed by atoms with E-state index in [1.165, 1.54) is 0 Å². The van der Waals surface area contributed by atoms with Gasteiger partial charge in [-0.25, -0.2) is 0 Å². The first-order chi connectivity index (χ1) is 13.1. The number of piperidine rings is 1. The summed E-state index contributed by atoms with van der Waals surface area (Å²) in [5.74, 6) is 0.889. The van der Waals surface area contributed by atoms with Crippen LogP contribution < -0.4 is 15.4 Å². The van der Waals surface area contributed by atoms with E-state index in [1.807, 2.05) is 24.3 Å². The molecular weight excluding hydrogens is 340 g/mol. The van der Waals surface area contributed by atoms with Crippen LogP contribution in [0.2, 0.25) is 0 Å². The van der Waals surface area contributed by atoms with Crippen LogP contribution >= 0.6 is 0 Å². The van der Waals surface area contributed by atoms with Crippen molar-refractivity contribution < 1.29 is 9.53 Å². The largest absolute Gasteiger partial charge is 0.497 e. The normalized spacial score (nSPS) is 22.2. The second kappa shape index (κ2) is 9.04. The average molecular weight is 375 g/mol. The Hall–Kier alpha value is -1.63. The summed E-state index contributed by atoms with van der Waals surface area (Å²) in [5, 5.41) is 6.59. The van der Waals surface area contributed by atoms with Gasteiger partial charge >= 0.3 is 0 Å². The molecule has 1 amide bonds. The maximum absolute atomic E-state index is 13.1. The molecule has 2 fully saturated rings. The van der Waals surface area contributed by atoms with Gasteiger partial charge in [-0.1, -0.05) is 6.92 Å². The molecule has 2 saturated heterocycles. The maximum atomic E-state index is 13.1. The lowest BCUT2D eigenvalue weighted by molar-refractivity contribution is -0.122. The summed E-state index contributed by atoms with van der Waals surface area (Å²) >= 11 is 0. The Morgan fingerprint density at radius 3 is 2.59 bits per heavy atom. The molecule has 2 aliphatic rings. The first-order valence-corrected chi connectivity index (χ1v) is 10.2. The van der Waals surface area contributed by atoms with E-state index in [4.69, 9.17) is 4.74 Å². The third kappa shape index (κ3) is 4.62. The number of carbonyl (C=O) groups is 1. The molecule has 0 bridgehead atoms. The van der Waals surface area contributed by atoms with Gasteiger partial charge in [-0.15, -0.1) is 0 Å². The van der Waals surface area contributed by atoms with E-state index in [2.05, 4.69) is 34.4 Å². The quantitative estimate of drug-likeness (QED) is 0.827. The monoisotopic (exact) mass is 374 g/mol. The number of hydrogen-bond acceptors (Lipinski definition) is 5. The highest BCUT2D eigenvalue weighted by Crippen LogP contribution is 2.30. The number of rotatable bonds is 5. The van der Waals surface area contributed by atoms with Crippen molar-refractivity contribution in [1.82, 2.24) is 15.1 Å². The van der Waals surface area contributed by atoms with E-state index in [1.54, 1.807) is 7.11 Å². The van der Waals surface area contributed by atoms with Crippen LogP contribution in [0.5, 0.6) is 5.75 Å². The van der Waals surface area contributed by atoms with E-state index in [0.29, 0.717) is 0 Å². The molecule has 2 N–H and O–H groups in total. The fourth-order valence-electron chi connectivity index (χ4n) is 4.53. The van der Waals surface area contributed by atoms with Gasteiger partial charge in [0.1, 0.15) is 5.75 Å². The van der Waals surface area contributed by atoms with Gasteiger partial charge in [-0.05, 0) is 76.6 Å². The Labute approximate surface area is 163 Å². The molecule has 0 aliphatic carbocycles. The lowest BCUT2D eigenvalue weighted by Gasteiger charge is -2.46. The second-order valence-corrected chi connectivity index (χ2v) is 7.86. The van der Waals surface area contributed by atoms with Crippen LogP contribution in [0.1, 0.15) is 32.6 Å². The van der Waals surface area contributed by atoms with Crippen LogP contribution in [0.25, 0.3) is 0 Å². The molecule has 6 nitrogen and oxygen atoms in total. The van der Waals surface area contributed by atoms with Gasteiger partial charge < -0.3 is 15.4 Å². The van der Waals surface area contributed by atoms with Gasteiger partial charge in [0.15, 0.2) is 0 Å². The Bertz CT molecular complexity index is 613. The summed E-state index contributed by atoms with van der Waals surface area (Å²) in [4.78, 5) is 18.0. The molecule has 27 heavy (non-hydrogen) atoms. The van der Waals surface area contributed by atoms with Crippen molar-refractivity contribution in [3.8, 4) is 5.75 Å². The number of nitrogens with zero attached hydrogens (tertiary/aromatic N) is 2. The van der Waals surface area contributed by atoms with Crippen molar-refractivity contribution >= 4 is 11.6 Å². The summed E-state index contributed by atoms with van der Waals surface area (Å²) in [6.45, 7) is 7.29. The van der Waals surface area contributed by atoms with Gasteiger partial charge in [0.05, 0.1) is 13.2 Å². The highest BCUT2D eigenvalue weighted by molar-refractivity contribution is 5.94. The van der Waals surface area contributed by atoms with Gasteiger partial charge in [0.25, 0.3) is 0 Å². The van der Waals surface area contributed by atoms with Crippen molar-refractivity contribution in [1.29, 1.82) is 0 Å². The van der Waals surface area contributed by atoms with Crippen LogP contribution in [0.3, 0.4) is 0 Å². The highest BCUT2D eigenvalue weighted by Gasteiger charge is 2.41. The number of hydrogen-bond donors (Lipinski definition) is 2. The predicted molar refractivity (Wildman–Crippen MR) is 109 cm³/mol. The molecule has 1 unspecified atom stereocenters. The summed E-state index contributed by atoms with van der Waals surface area (Å²) in [7, 11) is 3.90. The summed E-state index contributed by atoms with van der Waals surface area (Å²) in [6, 6.07) is 7.45. The second-order valence-electron chi connectivity index (χ2n) is 7.86. The van der Waals surface area contributed by atoms with E-state index in [0.717, 1.165) is 69.8 Å². The van der Waals surface area contributed by atoms with Gasteiger partial charge in [-0.3, -0.25) is 14.6 Å². The lowest BCUT2D eigenvalue weighted by Crippen LogP contribution is -2.59. The third-order valence-electron chi connectivity index (χ3n) is 6.27. The zero-order chi connectivity index (χ0) is 19.3. The Kier molecular flexibility index (Phi) is 6.73. The molecule has 0 aromatic heterocycles. The molecule has 6 heteroatoms. The number of ether oxygens (including phenoxy) is 1. The first kappa shape index (κ1) is 20.1. The average Bonchev–Trinajstić information content (AvgIpc) is 2.83. The van der Waals surface area contributed by atoms with Crippen molar-refractivity contribution in [3.05, 3.63) is 24.3 Å². The number of benzene rings is 1. The molecule has 3 rings (SSSR count). The standard InChI is InChI=1S/C21H34N4O2/c1-4-19(20(26)23-17-6-8-18(27-3)9-7-17)25-15-5-14-24(2)21(16-25)10-12-22-13-11-21/h6-9,19,22H,4-5,10-16H2,1-3H3,(H,23,26). The van der Waals surface area contributed by atoms with E-state index in [-0.39, 0.29) is 17.5 Å². The summed E-state index contributed by atoms with van der Waals surface area (Å²) in [5.41, 5.74) is 1.01. The van der Waals surface area contributed by atoms with Crippen molar-refractivity contribution in [2.24, 2.45) is 0 Å². The van der Waals surface area contributed by atoms with Crippen molar-refractivity contribution in [2.75, 3.05) is 52.2 Å². The van der Waals surface area contributed by atoms with E-state index < -0.39 is 0 Å². The lowest BCUT2D eigenvalue weighted by atomic mass is 9.86. The fourth-order valence-corrected chi connectivity index (χ4v) is 4.53. The summed E-state index contributed by atoms with van der Waals surface area (Å²) in [6.07, 6.45) is 4.23. The molecule has 1 aromatic carbocycles. The predicted octanol–water partition coefficient (Wildman–Crippen LogP) is 2.17. The molecule has 1 spiro atoms. The SMILES string of the molecule is CCC(C(=O)Nc1ccc(OC)cc1)N1CCCN(C)C2(CCNCC2)C1. The van der Waals surface area contributed by atoms with Gasteiger partial charge in [-0.2, -0.15) is 0 Å². The summed E-state index contributed by atoms with van der Waals surface area (Å²) < 4.78 is 5.19. The zero-order valence-corrected chi connectivity index (χ0v) is 17.0. The van der Waals surface area contributed by atoms with Crippen molar-refractivity contribution in [3.63, 3.8) is 0 Å². The first-order valence-electron chi connectivity index (χ1n) is 10.2. The Morgan fingerprint density at radius 2 is 1.96 bits per heavy atom. The van der Waals surface area contributed by atoms with Gasteiger partial charge in [0, 0.05) is 24.3 Å². The van der Waals surface area contributed by atoms with Crippen molar-refractivity contribution in [2.45, 2.75) is 44.2 Å². The number of nitrogens with one attached hydrogen (secondary N) is 2. The zero-order valence-electron chi connectivity index (χ0n) is 17.0. The minimum atomic E-state index is -0.0923. The minimum absolute atomic E-state index is 0.0923. The number of carbonyl (C=O) groups excluding carboxylic acids is 1. The number of methoxy groups -OCH3 is 1. The Balaban J connectivity index is 1.71. The van der Waals surface area contributed by atoms with Crippen LogP contribution in [0.15, 0.2) is 24.3 Å². The third-order valence-corrected chi connectivity index (χ3v) is 6.27. The number of anilines is 1. The van der Waals surface area contributed by atoms with Crippen LogP contribution in [0, 0.1) is 0 Å².